The van der Waals surface area contributed by atoms with E-state index in [1.54, 1.807) is 120 Å². The summed E-state index contributed by atoms with van der Waals surface area (Å²) in [6.07, 6.45) is 54.5. The number of carbonyl (C=O) groups is 5. The van der Waals surface area contributed by atoms with Crippen LogP contribution in [0.4, 0.5) is 49.0 Å². The summed E-state index contributed by atoms with van der Waals surface area (Å²) in [5.41, 5.74) is 24.2. The first-order chi connectivity index (χ1) is 70.2. The van der Waals surface area contributed by atoms with E-state index in [4.69, 9.17) is 54.6 Å². The number of hydrogen-bond donors (Lipinski definition) is 10. The van der Waals surface area contributed by atoms with Gasteiger partial charge in [0.2, 0.25) is 11.8 Å². The van der Waals surface area contributed by atoms with Crippen LogP contribution in [0.5, 0.6) is 0 Å². The number of alkyl halides is 1. The summed E-state index contributed by atoms with van der Waals surface area (Å²) < 4.78 is 19.2. The molecule has 13 N–H and O–H groups in total. The molecular weight excluding hydrogens is 1990 g/mol. The van der Waals surface area contributed by atoms with E-state index in [9.17, 15) is 24.0 Å². The second kappa shape index (κ2) is 53.2. The van der Waals surface area contributed by atoms with Gasteiger partial charge in [-0.2, -0.15) is 0 Å². The average Bonchev–Trinajstić information content (AvgIpc) is 1.62. The third-order valence-electron chi connectivity index (χ3n) is 28.0. The van der Waals surface area contributed by atoms with Gasteiger partial charge in [-0.25, -0.2) is 64.2 Å². The van der Waals surface area contributed by atoms with Gasteiger partial charge >= 0.3 is 18.4 Å². The number of aryl methyl sites for hydroxylation is 10. The van der Waals surface area contributed by atoms with Gasteiger partial charge in [0.15, 0.2) is 0 Å². The number of pyridine rings is 2. The van der Waals surface area contributed by atoms with Crippen LogP contribution in [0.1, 0.15) is 296 Å². The lowest BCUT2D eigenvalue weighted by Gasteiger charge is -2.34. The van der Waals surface area contributed by atoms with Crippen molar-refractivity contribution in [2.24, 2.45) is 23.1 Å². The van der Waals surface area contributed by atoms with E-state index in [1.165, 1.54) is 189 Å². The highest BCUT2D eigenvalue weighted by Gasteiger charge is 2.34. The Morgan fingerprint density at radius 1 is 0.401 bits per heavy atom. The number of nitrogens with two attached hydrogens (primary N) is 3. The number of likely N-dealkylation sites (N-methyl/N-ethyl adjacent to an activating group) is 1. The van der Waals surface area contributed by atoms with Crippen LogP contribution in [0.15, 0.2) is 80.7 Å². The number of thiophene rings is 5. The number of rotatable bonds is 16. The predicted octanol–water partition coefficient (Wildman–Crippen LogP) is 23.5. The van der Waals surface area contributed by atoms with Crippen molar-refractivity contribution >= 4 is 196 Å². The molecule has 12 aromatic heterocycles. The molecule has 22 rings (SSSR count). The molecule has 794 valence electrons. The first-order valence-corrected chi connectivity index (χ1v) is 57.2. The average molecular weight is 2140 g/mol. The molecule has 12 aromatic rings. The Balaban J connectivity index is 0.000000137. The predicted molar refractivity (Wildman–Crippen MR) is 598 cm³/mol. The van der Waals surface area contributed by atoms with Crippen molar-refractivity contribution in [1.82, 2.24) is 70.0 Å². The molecule has 5 saturated carbocycles. The number of halogens is 2. The van der Waals surface area contributed by atoms with Crippen LogP contribution in [0.25, 0.3) is 51.1 Å². The van der Waals surface area contributed by atoms with Gasteiger partial charge in [0.05, 0.1) is 57.2 Å². The molecule has 32 nitrogen and oxygen atoms in total. The van der Waals surface area contributed by atoms with Crippen LogP contribution in [0.3, 0.4) is 0 Å². The summed E-state index contributed by atoms with van der Waals surface area (Å²) >= 11 is 20.5. The molecule has 5 fully saturated rings. The zero-order valence-electron chi connectivity index (χ0n) is 86.2. The summed E-state index contributed by atoms with van der Waals surface area (Å²) in [5, 5.41) is 30.1. The fourth-order valence-corrected chi connectivity index (χ4v) is 27.2. The number of anilines is 6. The van der Waals surface area contributed by atoms with E-state index in [0.29, 0.717) is 65.7 Å². The Kier molecular flexibility index (Phi) is 40.8. The highest BCUT2D eigenvalue weighted by atomic mass is 35.5. The number of aromatic nitrogens is 12. The van der Waals surface area contributed by atoms with Crippen LogP contribution in [-0.4, -0.2) is 186 Å². The molecule has 0 unspecified atom stereocenters. The number of nitrogens with zero attached hydrogens (tertiary/aromatic N) is 13. The van der Waals surface area contributed by atoms with Crippen molar-refractivity contribution < 1.29 is 42.9 Å². The number of ether oxygens (including phenoxy) is 4. The number of hydrogen-bond acceptors (Lipinski definition) is 34. The summed E-state index contributed by atoms with van der Waals surface area (Å²) in [6, 6.07) is 11.0. The Hall–Kier alpha value is -9.93. The highest BCUT2D eigenvalue weighted by Crippen LogP contribution is 2.46. The maximum absolute atomic E-state index is 12.4. The van der Waals surface area contributed by atoms with E-state index in [-0.39, 0.29) is 37.3 Å². The maximum atomic E-state index is 12.4. The molecule has 0 saturated heterocycles. The highest BCUT2D eigenvalue weighted by molar-refractivity contribution is 7.20. The minimum Gasteiger partial charge on any atom is -0.444 e. The summed E-state index contributed by atoms with van der Waals surface area (Å²) in [5.74, 6) is 4.84. The molecule has 0 aliphatic heterocycles. The molecule has 10 aliphatic rings. The molecule has 0 spiro atoms. The number of carbonyl (C=O) groups excluding carboxylic acids is 5. The summed E-state index contributed by atoms with van der Waals surface area (Å²) in [7, 11) is 2.05. The zero-order valence-corrected chi connectivity index (χ0v) is 91.8. The van der Waals surface area contributed by atoms with Crippen LogP contribution >= 0.6 is 79.9 Å². The van der Waals surface area contributed by atoms with E-state index in [1.807, 2.05) is 85.3 Å². The topological polar surface area (TPSA) is 442 Å². The van der Waals surface area contributed by atoms with E-state index < -0.39 is 29.1 Å². The van der Waals surface area contributed by atoms with Gasteiger partial charge in [-0.3, -0.25) is 24.5 Å². The SMILES string of the molecule is C.CC(C)(C)OC(=O)NC1CCC(Nc2ncnc3sc4c(c23)CCC4)CC1.CC(C)(C)OC(=O)OC(=O)OC(C)(C)C.CCC1CCC(Nc2ncnc3sc4c(c23)CCC4)CC1.CN(CC(=O)Nc1cccnc1)C1CCC(Nc2ncnc3sc4c(c23)CCC4)CC1.Clc1ncnc2sc3c(c12)CCC3.NC1CCC(N)CC1.NC1CCC(Nc2ncnc3sc4c(c23)CCC4)CC1.O=C(CCl)Nc1cccnc1. The molecule has 39 heteroatoms. The lowest BCUT2D eigenvalue weighted by atomic mass is 9.84. The number of alkyl carbamates (subject to hydrolysis) is 1. The quantitative estimate of drug-likeness (QED) is 0.0141. The molecule has 12 heterocycles. The van der Waals surface area contributed by atoms with Gasteiger partial charge in [0.1, 0.15) is 107 Å². The summed E-state index contributed by atoms with van der Waals surface area (Å²) in [6.45, 7) is 18.4. The Morgan fingerprint density at radius 2 is 0.707 bits per heavy atom. The van der Waals surface area contributed by atoms with Crippen LogP contribution in [0.2, 0.25) is 5.15 Å². The van der Waals surface area contributed by atoms with Gasteiger partial charge in [-0.05, 0) is 352 Å². The van der Waals surface area contributed by atoms with Crippen molar-refractivity contribution in [1.29, 1.82) is 0 Å². The molecule has 10 aliphatic carbocycles. The third-order valence-corrected chi connectivity index (χ3v) is 34.5. The van der Waals surface area contributed by atoms with Crippen molar-refractivity contribution in [2.75, 3.05) is 51.4 Å². The second-order valence-corrected chi connectivity index (χ2v) is 48.6. The minimum absolute atomic E-state index is 0. The first kappa shape index (κ1) is 113. The zero-order chi connectivity index (χ0) is 103. The normalized spacial score (nSPS) is 21.0. The van der Waals surface area contributed by atoms with Gasteiger partial charge < -0.3 is 73.4 Å². The lowest BCUT2D eigenvalue weighted by Crippen LogP contribution is -2.42. The molecule has 0 bridgehead atoms. The van der Waals surface area contributed by atoms with Gasteiger partial charge in [-0.1, -0.05) is 32.4 Å². The first-order valence-electron chi connectivity index (χ1n) is 52.2. The molecule has 0 aromatic carbocycles. The maximum Gasteiger partial charge on any atom is 0.519 e. The number of nitrogens with one attached hydrogen (secondary N) is 7. The molecular formula is C108H149Cl2N23O9S5. The number of fused-ring (bicyclic) bond motifs is 15. The largest absolute Gasteiger partial charge is 0.519 e. The van der Waals surface area contributed by atoms with Crippen LogP contribution < -0.4 is 54.4 Å². The molecule has 147 heavy (non-hydrogen) atoms. The van der Waals surface area contributed by atoms with Crippen molar-refractivity contribution in [3.63, 3.8) is 0 Å². The number of amides is 3. The van der Waals surface area contributed by atoms with Gasteiger partial charge in [-0.15, -0.1) is 68.3 Å². The van der Waals surface area contributed by atoms with E-state index >= 15 is 0 Å². The van der Waals surface area contributed by atoms with Crippen molar-refractivity contribution in [2.45, 2.75) is 379 Å². The monoisotopic (exact) mass is 2140 g/mol. The fourth-order valence-electron chi connectivity index (χ4n) is 20.7. The Bertz CT molecular complexity index is 6290. The lowest BCUT2D eigenvalue weighted by molar-refractivity contribution is -0.117. The van der Waals surface area contributed by atoms with E-state index in [2.05, 4.69) is 114 Å². The Morgan fingerprint density at radius 3 is 1.04 bits per heavy atom. The van der Waals surface area contributed by atoms with E-state index in [0.717, 1.165) is 182 Å². The van der Waals surface area contributed by atoms with Crippen molar-refractivity contribution in [3.8, 4) is 0 Å². The van der Waals surface area contributed by atoms with Crippen LogP contribution in [0, 0.1) is 5.92 Å². The molecule has 0 radical (unpaired) electrons. The smallest absolute Gasteiger partial charge is 0.444 e. The molecule has 0 atom stereocenters. The van der Waals surface area contributed by atoms with Crippen molar-refractivity contribution in [3.05, 3.63) is 138 Å². The van der Waals surface area contributed by atoms with Gasteiger partial charge in [0, 0.05) is 91.2 Å². The minimum atomic E-state index is -1.06. The van der Waals surface area contributed by atoms with Crippen LogP contribution in [-0.2, 0) is 92.7 Å². The van der Waals surface area contributed by atoms with Gasteiger partial charge in [0.25, 0.3) is 0 Å². The summed E-state index contributed by atoms with van der Waals surface area (Å²) in [4.78, 5) is 125. The third kappa shape index (κ3) is 32.3. The fraction of sp³-hybridized carbons (Fsp3) is 0.583. The Labute approximate surface area is 893 Å². The standard InChI is InChI=1S/C23H28N6OS.C20H28N4O2S.C17H23N3S.C15H20N4S.C10H18O5.C9H7ClN2S.C7H7ClN2O.C6H14N2.CH4/c1-29(13-20(30)27-16-4-3-11-24-12-16)17-9-7-15(8-10-17)28-22-21-18-5-2-6-19(18)31-23(21)26-14-25-22;1-20(2,3)26-19(25)24-13-9-7-12(8-10-13)23-17-16-14-5-4-6-15(14)27-18(16)22-11-21-17;1-2-11-6-8-12(9-7-11)20-16-15-13-4-3-5-14(13)21-17(15)19-10-18-16;16-9-4-6-10(7-5-9)19-14-13-11-2-1-3-12(11)20-15(13)18-8-17-14;1-9(2,3)14-7(11)13-8(12)15-10(4,5)6;10-8-7-5-2-1-3-6(5)13-9(7)12-4-11-8;8-4-7(11)10-6-2-1-3-9-5-6;7-5-1-2-6(8)4-3-5;/h3-4,11-12,14-15,17H,2,5-10,13H2,1H3,(H,27,30)(H,25,26,28);11-13H,4-10H2,1-3H3,(H,24,25)(H,21,22,23);10-12H,2-9H2,1H3,(H,18,19,20);8-10H,1-7,16H2,(H,17,18,19);1-6H3;4H,1-3H2;1-3,5H,4H2,(H,10,11);5-6H,1-4,7-8H2;1H4. The molecule has 3 amide bonds. The second-order valence-electron chi connectivity index (χ2n) is 42.6.